The van der Waals surface area contributed by atoms with Gasteiger partial charge in [0.2, 0.25) is 0 Å². The molecule has 0 aliphatic carbocycles. The van der Waals surface area contributed by atoms with Crippen molar-refractivity contribution >= 4 is 37.3 Å². The van der Waals surface area contributed by atoms with Gasteiger partial charge in [0.1, 0.15) is 0 Å². The van der Waals surface area contributed by atoms with E-state index < -0.39 is 0 Å². The van der Waals surface area contributed by atoms with Crippen molar-refractivity contribution < 1.29 is 56.8 Å². The van der Waals surface area contributed by atoms with Gasteiger partial charge in [0.25, 0.3) is 0 Å². The monoisotopic (exact) mass is 984 g/mol. The van der Waals surface area contributed by atoms with Gasteiger partial charge in [-0.1, -0.05) is 36.4 Å². The Morgan fingerprint density at radius 2 is 0.347 bits per heavy atom. The first kappa shape index (κ1) is 55.5. The summed E-state index contributed by atoms with van der Waals surface area (Å²) in [6.07, 6.45) is 9.61. The highest BCUT2D eigenvalue weighted by Gasteiger charge is 2.12. The molecule has 378 valence electrons. The van der Waals surface area contributed by atoms with Crippen molar-refractivity contribution in [3.8, 4) is 69.0 Å². The number of benzene rings is 6. The van der Waals surface area contributed by atoms with Crippen LogP contribution in [0.25, 0.3) is 0 Å². The largest absolute Gasteiger partial charge is 0.493 e. The standard InChI is InChI=1S/3C18H20N2O4/c3*1-21-15-9-5-7-13(17(15)23-3)11-19-20-12-14-8-6-10-16(22-2)18(14)24-4/h3*5-12H,1-4H3/b3*19-11+,20-12+. The molecule has 0 aliphatic heterocycles. The van der Waals surface area contributed by atoms with Gasteiger partial charge in [-0.25, -0.2) is 0 Å². The van der Waals surface area contributed by atoms with E-state index in [1.165, 1.54) is 0 Å². The highest BCUT2D eigenvalue weighted by Crippen LogP contribution is 2.34. The topological polar surface area (TPSA) is 185 Å². The molecule has 0 unspecified atom stereocenters. The fourth-order valence-corrected chi connectivity index (χ4v) is 6.66. The third-order valence-corrected chi connectivity index (χ3v) is 9.98. The molecule has 6 aromatic rings. The molecular formula is C54H60N6O12. The van der Waals surface area contributed by atoms with Crippen molar-refractivity contribution in [2.45, 2.75) is 0 Å². The maximum atomic E-state index is 5.34. The summed E-state index contributed by atoms with van der Waals surface area (Å²) in [5, 5.41) is 24.4. The maximum absolute atomic E-state index is 5.34. The van der Waals surface area contributed by atoms with Crippen LogP contribution in [0.4, 0.5) is 0 Å². The van der Waals surface area contributed by atoms with Gasteiger partial charge in [0.05, 0.1) is 123 Å². The predicted octanol–water partition coefficient (Wildman–Crippen LogP) is 9.52. The molecule has 0 fully saturated rings. The molecule has 0 saturated carbocycles. The smallest absolute Gasteiger partial charge is 0.169 e. The quantitative estimate of drug-likeness (QED) is 0.0492. The molecule has 0 radical (unpaired) electrons. The number of hydrogen-bond acceptors (Lipinski definition) is 18. The van der Waals surface area contributed by atoms with E-state index in [9.17, 15) is 0 Å². The molecule has 0 aromatic heterocycles. The summed E-state index contributed by atoms with van der Waals surface area (Å²) in [5.41, 5.74) is 4.62. The lowest BCUT2D eigenvalue weighted by Gasteiger charge is -2.09. The Morgan fingerprint density at radius 3 is 0.458 bits per heavy atom. The van der Waals surface area contributed by atoms with Gasteiger partial charge < -0.3 is 56.8 Å². The van der Waals surface area contributed by atoms with Crippen molar-refractivity contribution in [2.24, 2.45) is 30.6 Å². The molecule has 0 atom stereocenters. The molecule has 72 heavy (non-hydrogen) atoms. The van der Waals surface area contributed by atoms with E-state index in [-0.39, 0.29) is 0 Å². The molecule has 6 aromatic carbocycles. The van der Waals surface area contributed by atoms with E-state index in [1.807, 2.05) is 109 Å². The molecule has 18 heteroatoms. The van der Waals surface area contributed by atoms with Gasteiger partial charge in [-0.2, -0.15) is 30.6 Å². The van der Waals surface area contributed by atoms with Crippen LogP contribution in [0.1, 0.15) is 33.4 Å². The normalized spacial score (nSPS) is 11.0. The van der Waals surface area contributed by atoms with E-state index in [0.29, 0.717) is 69.0 Å². The molecule has 0 amide bonds. The Labute approximate surface area is 420 Å². The van der Waals surface area contributed by atoms with Crippen LogP contribution in [0.15, 0.2) is 140 Å². The van der Waals surface area contributed by atoms with E-state index in [2.05, 4.69) is 30.6 Å². The zero-order valence-corrected chi connectivity index (χ0v) is 42.4. The van der Waals surface area contributed by atoms with E-state index >= 15 is 0 Å². The zero-order chi connectivity index (χ0) is 52.1. The summed E-state index contributed by atoms with van der Waals surface area (Å²) < 4.78 is 63.6. The van der Waals surface area contributed by atoms with Crippen LogP contribution in [0.5, 0.6) is 69.0 Å². The van der Waals surface area contributed by atoms with Gasteiger partial charge >= 0.3 is 0 Å². The minimum atomic E-state index is 0.609. The van der Waals surface area contributed by atoms with Crippen LogP contribution in [0.3, 0.4) is 0 Å². The molecular weight excluding hydrogens is 925 g/mol. The van der Waals surface area contributed by atoms with Crippen LogP contribution in [-0.2, 0) is 0 Å². The molecule has 0 saturated heterocycles. The summed E-state index contributed by atoms with van der Waals surface area (Å²) in [5.74, 6) is 7.49. The summed E-state index contributed by atoms with van der Waals surface area (Å²) in [7, 11) is 19.0. The maximum Gasteiger partial charge on any atom is 0.169 e. The Morgan fingerprint density at radius 1 is 0.208 bits per heavy atom. The van der Waals surface area contributed by atoms with Crippen LogP contribution >= 0.6 is 0 Å². The Bertz CT molecular complexity index is 2340. The molecule has 0 N–H and O–H groups in total. The van der Waals surface area contributed by atoms with Gasteiger partial charge in [-0.15, -0.1) is 0 Å². The summed E-state index contributed by atoms with van der Waals surface area (Å²) in [4.78, 5) is 0. The fraction of sp³-hybridized carbons (Fsp3) is 0.222. The molecule has 18 nitrogen and oxygen atoms in total. The second-order valence-corrected chi connectivity index (χ2v) is 14.0. The highest BCUT2D eigenvalue weighted by molar-refractivity contribution is 5.90. The molecule has 0 heterocycles. The second kappa shape index (κ2) is 30.4. The lowest BCUT2D eigenvalue weighted by atomic mass is 10.2. The van der Waals surface area contributed by atoms with E-state index in [4.69, 9.17) is 56.8 Å². The average Bonchev–Trinajstić information content (AvgIpc) is 3.43. The van der Waals surface area contributed by atoms with Gasteiger partial charge in [-0.3, -0.25) is 0 Å². The minimum Gasteiger partial charge on any atom is -0.493 e. The van der Waals surface area contributed by atoms with Crippen LogP contribution in [0, 0.1) is 0 Å². The summed E-state index contributed by atoms with van der Waals surface area (Å²) in [6, 6.07) is 33.3. The van der Waals surface area contributed by atoms with Crippen LogP contribution in [0.2, 0.25) is 0 Å². The summed E-state index contributed by atoms with van der Waals surface area (Å²) in [6.45, 7) is 0. The number of methoxy groups -OCH3 is 12. The number of nitrogens with zero attached hydrogens (tertiary/aromatic N) is 6. The first-order valence-electron chi connectivity index (χ1n) is 21.7. The highest BCUT2D eigenvalue weighted by atomic mass is 16.5. The molecule has 6 rings (SSSR count). The van der Waals surface area contributed by atoms with Gasteiger partial charge in [0.15, 0.2) is 69.0 Å². The summed E-state index contributed by atoms with van der Waals surface area (Å²) >= 11 is 0. The lowest BCUT2D eigenvalue weighted by molar-refractivity contribution is 0.354. The van der Waals surface area contributed by atoms with E-state index in [0.717, 1.165) is 33.4 Å². The van der Waals surface area contributed by atoms with Crippen molar-refractivity contribution in [3.05, 3.63) is 143 Å². The number of para-hydroxylation sites is 6. The fourth-order valence-electron chi connectivity index (χ4n) is 6.66. The first-order valence-corrected chi connectivity index (χ1v) is 21.7. The van der Waals surface area contributed by atoms with Gasteiger partial charge in [-0.05, 0) is 72.8 Å². The third-order valence-electron chi connectivity index (χ3n) is 9.98. The third kappa shape index (κ3) is 15.2. The second-order valence-electron chi connectivity index (χ2n) is 14.0. The number of ether oxygens (including phenoxy) is 12. The van der Waals surface area contributed by atoms with Gasteiger partial charge in [0, 0.05) is 33.4 Å². The molecule has 0 aliphatic rings. The molecule has 0 bridgehead atoms. The van der Waals surface area contributed by atoms with Crippen LogP contribution in [-0.4, -0.2) is 123 Å². The first-order chi connectivity index (χ1) is 35.2. The number of hydrogen-bond donors (Lipinski definition) is 0. The van der Waals surface area contributed by atoms with Crippen molar-refractivity contribution in [1.82, 2.24) is 0 Å². The number of rotatable bonds is 21. The SMILES string of the molecule is COc1cccc(/C=N/N=C/c2cccc(OC)c2OC)c1OC.COc1cccc(/C=N/N=C/c2cccc(OC)c2OC)c1OC.COc1cccc(/C=N/N=C/c2cccc(OC)c2OC)c1OC. The van der Waals surface area contributed by atoms with Crippen molar-refractivity contribution in [2.75, 3.05) is 85.3 Å². The van der Waals surface area contributed by atoms with Crippen molar-refractivity contribution in [3.63, 3.8) is 0 Å². The lowest BCUT2D eigenvalue weighted by Crippen LogP contribution is -1.95. The average molecular weight is 985 g/mol. The zero-order valence-electron chi connectivity index (χ0n) is 42.4. The van der Waals surface area contributed by atoms with Crippen LogP contribution < -0.4 is 56.8 Å². The Kier molecular flexibility index (Phi) is 23.5. The van der Waals surface area contributed by atoms with Crippen molar-refractivity contribution in [1.29, 1.82) is 0 Å². The van der Waals surface area contributed by atoms with E-state index in [1.54, 1.807) is 123 Å². The molecule has 0 spiro atoms. The Hall–Kier alpha value is -9.06. The predicted molar refractivity (Wildman–Crippen MR) is 283 cm³/mol. The Balaban J connectivity index is 0.000000234. The minimum absolute atomic E-state index is 0.609.